The molecule has 2 aliphatic heterocycles. The average Bonchev–Trinajstić information content (AvgIpc) is 2.36. The number of hydrogen-bond donors (Lipinski definition) is 1. The normalized spacial score (nSPS) is 30.2. The molecule has 2 aliphatic rings. The molecule has 2 saturated heterocycles. The maximum atomic E-state index is 12.1. The topological polar surface area (TPSA) is 35.6 Å². The van der Waals surface area contributed by atoms with Crippen LogP contribution in [-0.4, -0.2) is 55.6 Å². The maximum absolute atomic E-state index is 12.1. The molecular formula is C14H27N3O. The summed E-state index contributed by atoms with van der Waals surface area (Å²) in [6, 6.07) is 0.148. The fraction of sp³-hybridized carbons (Fsp3) is 0.929. The van der Waals surface area contributed by atoms with Crippen LogP contribution in [0.1, 0.15) is 32.6 Å². The molecule has 2 unspecified atom stereocenters. The molecule has 104 valence electrons. The van der Waals surface area contributed by atoms with Gasteiger partial charge in [0, 0.05) is 26.2 Å². The first-order valence-corrected chi connectivity index (χ1v) is 7.36. The lowest BCUT2D eigenvalue weighted by molar-refractivity contribution is 0.162. The number of hydrogen-bond acceptors (Lipinski definition) is 2. The van der Waals surface area contributed by atoms with E-state index in [9.17, 15) is 4.79 Å². The van der Waals surface area contributed by atoms with Crippen LogP contribution in [0.15, 0.2) is 0 Å². The van der Waals surface area contributed by atoms with Crippen molar-refractivity contribution in [3.05, 3.63) is 0 Å². The second-order valence-electron chi connectivity index (χ2n) is 6.15. The number of nitrogens with zero attached hydrogens (tertiary/aromatic N) is 2. The van der Waals surface area contributed by atoms with Crippen molar-refractivity contribution in [1.82, 2.24) is 15.1 Å². The van der Waals surface area contributed by atoms with E-state index in [2.05, 4.69) is 24.2 Å². The van der Waals surface area contributed by atoms with Gasteiger partial charge < -0.3 is 15.1 Å². The van der Waals surface area contributed by atoms with Crippen molar-refractivity contribution in [1.29, 1.82) is 0 Å². The monoisotopic (exact) mass is 253 g/mol. The van der Waals surface area contributed by atoms with Gasteiger partial charge in [-0.2, -0.15) is 0 Å². The van der Waals surface area contributed by atoms with E-state index in [-0.39, 0.29) is 6.03 Å². The fourth-order valence-electron chi connectivity index (χ4n) is 3.16. The molecule has 0 aromatic carbocycles. The van der Waals surface area contributed by atoms with Crippen LogP contribution < -0.4 is 5.32 Å². The highest BCUT2D eigenvalue weighted by molar-refractivity contribution is 5.74. The van der Waals surface area contributed by atoms with Crippen LogP contribution in [0.2, 0.25) is 0 Å². The van der Waals surface area contributed by atoms with E-state index in [4.69, 9.17) is 0 Å². The van der Waals surface area contributed by atoms with Crippen LogP contribution in [0.3, 0.4) is 0 Å². The van der Waals surface area contributed by atoms with Crippen molar-refractivity contribution in [3.63, 3.8) is 0 Å². The summed E-state index contributed by atoms with van der Waals surface area (Å²) in [4.78, 5) is 16.4. The first-order valence-electron chi connectivity index (χ1n) is 7.36. The lowest BCUT2D eigenvalue weighted by atomic mass is 9.98. The lowest BCUT2D eigenvalue weighted by Crippen LogP contribution is -2.47. The third kappa shape index (κ3) is 3.87. The van der Waals surface area contributed by atoms with Gasteiger partial charge in [-0.1, -0.05) is 6.92 Å². The Morgan fingerprint density at radius 1 is 1.22 bits per heavy atom. The molecular weight excluding hydrogens is 226 g/mol. The zero-order valence-electron chi connectivity index (χ0n) is 11.8. The Balaban J connectivity index is 1.70. The first-order chi connectivity index (χ1) is 8.65. The van der Waals surface area contributed by atoms with Gasteiger partial charge in [-0.05, 0) is 51.1 Å². The van der Waals surface area contributed by atoms with Gasteiger partial charge in [0.15, 0.2) is 0 Å². The number of carbonyl (C=O) groups is 1. The molecule has 0 radical (unpaired) electrons. The van der Waals surface area contributed by atoms with Crippen LogP contribution >= 0.6 is 0 Å². The molecule has 0 aromatic rings. The Bertz CT molecular complexity index is 282. The SMILES string of the molecule is CC1CCCN(C(=O)NCC2CCCN(C)C2)C1. The van der Waals surface area contributed by atoms with Gasteiger partial charge in [0.1, 0.15) is 0 Å². The van der Waals surface area contributed by atoms with Crippen LogP contribution in [-0.2, 0) is 0 Å². The number of rotatable bonds is 2. The first kappa shape index (κ1) is 13.7. The lowest BCUT2D eigenvalue weighted by Gasteiger charge is -2.33. The van der Waals surface area contributed by atoms with E-state index >= 15 is 0 Å². The van der Waals surface area contributed by atoms with Crippen LogP contribution in [0.25, 0.3) is 0 Å². The molecule has 1 N–H and O–H groups in total. The summed E-state index contributed by atoms with van der Waals surface area (Å²) in [5.74, 6) is 1.29. The third-order valence-electron chi connectivity index (χ3n) is 4.21. The minimum absolute atomic E-state index is 0.148. The number of likely N-dealkylation sites (tertiary alicyclic amines) is 2. The smallest absolute Gasteiger partial charge is 0.317 e. The average molecular weight is 253 g/mol. The Morgan fingerprint density at radius 2 is 2.00 bits per heavy atom. The zero-order chi connectivity index (χ0) is 13.0. The highest BCUT2D eigenvalue weighted by atomic mass is 16.2. The molecule has 4 heteroatoms. The fourth-order valence-corrected chi connectivity index (χ4v) is 3.16. The van der Waals surface area contributed by atoms with Gasteiger partial charge in [0.05, 0.1) is 0 Å². The number of piperidine rings is 2. The predicted molar refractivity (Wildman–Crippen MR) is 73.6 cm³/mol. The van der Waals surface area contributed by atoms with Crippen molar-refractivity contribution >= 4 is 6.03 Å². The van der Waals surface area contributed by atoms with Crippen molar-refractivity contribution in [2.75, 3.05) is 39.8 Å². The molecule has 0 spiro atoms. The maximum Gasteiger partial charge on any atom is 0.317 e. The van der Waals surface area contributed by atoms with Gasteiger partial charge in [-0.15, -0.1) is 0 Å². The van der Waals surface area contributed by atoms with Gasteiger partial charge in [0.25, 0.3) is 0 Å². The molecule has 2 heterocycles. The van der Waals surface area contributed by atoms with Gasteiger partial charge in [-0.3, -0.25) is 0 Å². The minimum Gasteiger partial charge on any atom is -0.338 e. The van der Waals surface area contributed by atoms with Crippen molar-refractivity contribution in [2.24, 2.45) is 11.8 Å². The van der Waals surface area contributed by atoms with Crippen LogP contribution in [0.4, 0.5) is 4.79 Å². The molecule has 4 nitrogen and oxygen atoms in total. The zero-order valence-corrected chi connectivity index (χ0v) is 11.8. The Kier molecular flexibility index (Phi) is 4.87. The molecule has 2 atom stereocenters. The second kappa shape index (κ2) is 6.41. The summed E-state index contributed by atoms with van der Waals surface area (Å²) in [5.41, 5.74) is 0. The van der Waals surface area contributed by atoms with Crippen molar-refractivity contribution in [2.45, 2.75) is 32.6 Å². The summed E-state index contributed by atoms with van der Waals surface area (Å²) in [7, 11) is 2.17. The van der Waals surface area contributed by atoms with E-state index in [0.29, 0.717) is 11.8 Å². The van der Waals surface area contributed by atoms with Crippen LogP contribution in [0.5, 0.6) is 0 Å². The third-order valence-corrected chi connectivity index (χ3v) is 4.21. The van der Waals surface area contributed by atoms with E-state index in [1.165, 1.54) is 25.8 Å². The van der Waals surface area contributed by atoms with E-state index < -0.39 is 0 Å². The predicted octanol–water partition coefficient (Wildman–Crippen LogP) is 1.77. The summed E-state index contributed by atoms with van der Waals surface area (Å²) >= 11 is 0. The molecule has 0 aliphatic carbocycles. The number of carbonyl (C=O) groups excluding carboxylic acids is 1. The molecule has 0 aromatic heterocycles. The quantitative estimate of drug-likeness (QED) is 0.814. The second-order valence-corrected chi connectivity index (χ2v) is 6.15. The van der Waals surface area contributed by atoms with Gasteiger partial charge >= 0.3 is 6.03 Å². The minimum atomic E-state index is 0.148. The van der Waals surface area contributed by atoms with E-state index in [1.54, 1.807) is 0 Å². The highest BCUT2D eigenvalue weighted by Crippen LogP contribution is 2.16. The standard InChI is InChI=1S/C14H27N3O/c1-12-5-3-8-17(10-12)14(18)15-9-13-6-4-7-16(2)11-13/h12-13H,3-11H2,1-2H3,(H,15,18). The molecule has 2 fully saturated rings. The summed E-state index contributed by atoms with van der Waals surface area (Å²) in [5, 5.41) is 3.12. The Labute approximate surface area is 111 Å². The van der Waals surface area contributed by atoms with Crippen molar-refractivity contribution in [3.8, 4) is 0 Å². The summed E-state index contributed by atoms with van der Waals surface area (Å²) < 4.78 is 0. The van der Waals surface area contributed by atoms with Gasteiger partial charge in [0.2, 0.25) is 0 Å². The molecule has 2 rings (SSSR count). The Morgan fingerprint density at radius 3 is 2.72 bits per heavy atom. The molecule has 18 heavy (non-hydrogen) atoms. The van der Waals surface area contributed by atoms with Crippen molar-refractivity contribution < 1.29 is 4.79 Å². The summed E-state index contributed by atoms with van der Waals surface area (Å²) in [6.07, 6.45) is 4.93. The number of amides is 2. The molecule has 0 saturated carbocycles. The van der Waals surface area contributed by atoms with E-state index in [0.717, 1.165) is 32.6 Å². The molecule has 2 amide bonds. The van der Waals surface area contributed by atoms with E-state index in [1.807, 2.05) is 4.90 Å². The van der Waals surface area contributed by atoms with Crippen LogP contribution in [0, 0.1) is 11.8 Å². The highest BCUT2D eigenvalue weighted by Gasteiger charge is 2.22. The Hall–Kier alpha value is -0.770. The largest absolute Gasteiger partial charge is 0.338 e. The number of urea groups is 1. The van der Waals surface area contributed by atoms with Gasteiger partial charge in [-0.25, -0.2) is 4.79 Å². The molecule has 0 bridgehead atoms. The summed E-state index contributed by atoms with van der Waals surface area (Å²) in [6.45, 7) is 7.26. The number of nitrogens with one attached hydrogen (secondary N) is 1.